The van der Waals surface area contributed by atoms with E-state index in [1.165, 1.54) is 4.90 Å². The average molecular weight is 603 g/mol. The van der Waals surface area contributed by atoms with Crippen molar-refractivity contribution in [3.05, 3.63) is 35.9 Å². The van der Waals surface area contributed by atoms with E-state index in [-0.39, 0.29) is 37.4 Å². The van der Waals surface area contributed by atoms with Crippen LogP contribution in [0.1, 0.15) is 81.2 Å². The lowest BCUT2D eigenvalue weighted by Crippen LogP contribution is -2.64. The van der Waals surface area contributed by atoms with Gasteiger partial charge in [0.25, 0.3) is 0 Å². The Hall–Kier alpha value is -3.47. The van der Waals surface area contributed by atoms with Crippen LogP contribution in [0.4, 0.5) is 4.79 Å². The van der Waals surface area contributed by atoms with E-state index < -0.39 is 53.2 Å². The van der Waals surface area contributed by atoms with E-state index >= 15 is 0 Å². The first kappa shape index (κ1) is 35.7. The van der Waals surface area contributed by atoms with Crippen molar-refractivity contribution >= 4 is 29.7 Å². The van der Waals surface area contributed by atoms with Crippen molar-refractivity contribution in [2.75, 3.05) is 13.2 Å². The van der Waals surface area contributed by atoms with Crippen LogP contribution in [-0.4, -0.2) is 77.1 Å². The largest absolute Gasteiger partial charge is 0.458 e. The Morgan fingerprint density at radius 1 is 1.02 bits per heavy atom. The number of esters is 1. The molecule has 0 aromatic heterocycles. The molecule has 3 amide bonds. The van der Waals surface area contributed by atoms with Crippen LogP contribution in [0.15, 0.2) is 35.3 Å². The molecule has 2 N–H and O–H groups in total. The first-order valence-electron chi connectivity index (χ1n) is 14.9. The second kappa shape index (κ2) is 15.3. The number of amidine groups is 1. The third-order valence-electron chi connectivity index (χ3n) is 6.29. The fraction of sp³-hybridized carbons (Fsp3) is 0.656. The lowest BCUT2D eigenvalue weighted by molar-refractivity contribution is -0.157. The third kappa shape index (κ3) is 12.3. The first-order chi connectivity index (χ1) is 19.9. The summed E-state index contributed by atoms with van der Waals surface area (Å²) < 4.78 is 16.9. The highest BCUT2D eigenvalue weighted by Gasteiger charge is 2.40. The topological polar surface area (TPSA) is 136 Å². The van der Waals surface area contributed by atoms with Crippen molar-refractivity contribution in [1.82, 2.24) is 15.5 Å². The highest BCUT2D eigenvalue weighted by atomic mass is 16.6. The maximum atomic E-state index is 14.1. The van der Waals surface area contributed by atoms with E-state index in [9.17, 15) is 19.2 Å². The van der Waals surface area contributed by atoms with Gasteiger partial charge in [0, 0.05) is 0 Å². The molecule has 3 atom stereocenters. The third-order valence-corrected chi connectivity index (χ3v) is 6.29. The minimum absolute atomic E-state index is 0.0217. The Bertz CT molecular complexity index is 1140. The quantitative estimate of drug-likeness (QED) is 0.362. The molecule has 240 valence electrons. The van der Waals surface area contributed by atoms with Crippen LogP contribution >= 0.6 is 0 Å². The minimum Gasteiger partial charge on any atom is -0.458 e. The van der Waals surface area contributed by atoms with E-state index in [4.69, 9.17) is 14.2 Å². The highest BCUT2D eigenvalue weighted by molar-refractivity contribution is 6.08. The zero-order valence-electron chi connectivity index (χ0n) is 27.4. The minimum atomic E-state index is -1.14. The lowest BCUT2D eigenvalue weighted by Gasteiger charge is -2.39. The number of hydrogen-bond acceptors (Lipinski definition) is 8. The number of piperazine rings is 1. The first-order valence-corrected chi connectivity index (χ1v) is 14.9. The number of hydrogen-bond donors (Lipinski definition) is 2. The van der Waals surface area contributed by atoms with Gasteiger partial charge in [0.1, 0.15) is 30.6 Å². The van der Waals surface area contributed by atoms with Crippen LogP contribution in [0.3, 0.4) is 0 Å². The number of nitrogens with one attached hydrogen (secondary N) is 2. The van der Waals surface area contributed by atoms with Crippen LogP contribution in [0, 0.1) is 11.8 Å². The van der Waals surface area contributed by atoms with Crippen molar-refractivity contribution in [1.29, 1.82) is 0 Å². The summed E-state index contributed by atoms with van der Waals surface area (Å²) in [7, 11) is 0. The summed E-state index contributed by atoms with van der Waals surface area (Å²) in [4.78, 5) is 59.0. The summed E-state index contributed by atoms with van der Waals surface area (Å²) >= 11 is 0. The Labute approximate surface area is 256 Å². The normalized spacial score (nSPS) is 18.3. The smallest absolute Gasteiger partial charge is 0.408 e. The standard InChI is InChI=1S/C32H50N4O7/c1-20(2)16-24-27(35-26(21(3)4)29(39)43-32(8,9)10)34-25(37)17-36(24)28(38)23(19-42-31(5,6)7)33-30(40)41-18-22-14-12-11-13-15-22/h11-15,20-21,23-24,26H,16-19H2,1-10H3,(H,33,40)(H,34,35,37)/t23-,24+,26-/m0/s1. The molecule has 1 heterocycles. The summed E-state index contributed by atoms with van der Waals surface area (Å²) in [5.74, 6) is -1.42. The molecule has 0 saturated carbocycles. The molecule has 1 aromatic rings. The Kier molecular flexibility index (Phi) is 12.7. The van der Waals surface area contributed by atoms with Crippen molar-refractivity contribution in [3.8, 4) is 0 Å². The van der Waals surface area contributed by atoms with E-state index in [1.807, 2.05) is 78.8 Å². The van der Waals surface area contributed by atoms with E-state index in [0.717, 1.165) is 5.56 Å². The molecule has 1 aliphatic heterocycles. The Morgan fingerprint density at radius 3 is 2.19 bits per heavy atom. The molecule has 1 aromatic carbocycles. The molecule has 11 heteroatoms. The van der Waals surface area contributed by atoms with Gasteiger partial charge in [-0.3, -0.25) is 14.6 Å². The summed E-state index contributed by atoms with van der Waals surface area (Å²) in [5, 5.41) is 5.44. The summed E-state index contributed by atoms with van der Waals surface area (Å²) in [6.07, 6.45) is -0.338. The second-order valence-electron chi connectivity index (χ2n) is 13.6. The molecule has 0 aliphatic carbocycles. The van der Waals surface area contributed by atoms with Gasteiger partial charge in [0.2, 0.25) is 11.8 Å². The van der Waals surface area contributed by atoms with E-state index in [1.54, 1.807) is 20.8 Å². The number of ether oxygens (including phenoxy) is 3. The van der Waals surface area contributed by atoms with Crippen LogP contribution in [0.2, 0.25) is 0 Å². The Balaban J connectivity index is 2.41. The molecule has 2 rings (SSSR count). The number of alkyl carbamates (subject to hydrolysis) is 1. The van der Waals surface area contributed by atoms with Gasteiger partial charge in [-0.05, 0) is 65.4 Å². The van der Waals surface area contributed by atoms with Gasteiger partial charge in [0.05, 0.1) is 18.2 Å². The Morgan fingerprint density at radius 2 is 1.65 bits per heavy atom. The van der Waals surface area contributed by atoms with Gasteiger partial charge in [-0.1, -0.05) is 58.0 Å². The number of aliphatic imine (C=N–C) groups is 1. The van der Waals surface area contributed by atoms with E-state index in [0.29, 0.717) is 6.42 Å². The van der Waals surface area contributed by atoms with Crippen LogP contribution < -0.4 is 10.6 Å². The molecule has 1 fully saturated rings. The molecule has 0 spiro atoms. The summed E-state index contributed by atoms with van der Waals surface area (Å²) in [6.45, 7) is 18.1. The van der Waals surface area contributed by atoms with Gasteiger partial charge in [-0.2, -0.15) is 0 Å². The van der Waals surface area contributed by atoms with Gasteiger partial charge in [-0.15, -0.1) is 0 Å². The number of nitrogens with zero attached hydrogens (tertiary/aromatic N) is 2. The predicted octanol–water partition coefficient (Wildman–Crippen LogP) is 4.23. The maximum absolute atomic E-state index is 14.1. The molecule has 0 radical (unpaired) electrons. The molecule has 11 nitrogen and oxygen atoms in total. The zero-order valence-corrected chi connectivity index (χ0v) is 27.4. The molecule has 0 unspecified atom stereocenters. The monoisotopic (exact) mass is 602 g/mol. The number of carbonyl (C=O) groups is 4. The number of benzene rings is 1. The lowest BCUT2D eigenvalue weighted by atomic mass is 9.97. The summed E-state index contributed by atoms with van der Waals surface area (Å²) in [5.41, 5.74) is -0.530. The fourth-order valence-corrected chi connectivity index (χ4v) is 4.31. The van der Waals surface area contributed by atoms with Crippen molar-refractivity contribution in [3.63, 3.8) is 0 Å². The van der Waals surface area contributed by atoms with Crippen molar-refractivity contribution in [2.45, 2.75) is 112 Å². The van der Waals surface area contributed by atoms with Gasteiger partial charge in [-0.25, -0.2) is 9.59 Å². The fourth-order valence-electron chi connectivity index (χ4n) is 4.31. The van der Waals surface area contributed by atoms with Crippen LogP contribution in [-0.2, 0) is 35.2 Å². The van der Waals surface area contributed by atoms with Crippen LogP contribution in [0.5, 0.6) is 0 Å². The number of rotatable bonds is 11. The molecule has 1 saturated heterocycles. The zero-order chi connectivity index (χ0) is 32.5. The van der Waals surface area contributed by atoms with Crippen molar-refractivity contribution < 1.29 is 33.4 Å². The summed E-state index contributed by atoms with van der Waals surface area (Å²) in [6, 6.07) is 6.48. The molecular weight excluding hydrogens is 552 g/mol. The SMILES string of the molecule is CC(C)C[C@@H]1C(=N[C@H](C(=O)OC(C)(C)C)C(C)C)NC(=O)CN1C(=O)[C@H](COC(C)(C)C)NC(=O)OCc1ccccc1. The van der Waals surface area contributed by atoms with Gasteiger partial charge in [0.15, 0.2) is 6.04 Å². The maximum Gasteiger partial charge on any atom is 0.408 e. The molecule has 43 heavy (non-hydrogen) atoms. The highest BCUT2D eigenvalue weighted by Crippen LogP contribution is 2.21. The van der Waals surface area contributed by atoms with Gasteiger partial charge >= 0.3 is 12.1 Å². The predicted molar refractivity (Wildman–Crippen MR) is 164 cm³/mol. The van der Waals surface area contributed by atoms with Crippen LogP contribution in [0.25, 0.3) is 0 Å². The van der Waals surface area contributed by atoms with Crippen molar-refractivity contribution in [2.24, 2.45) is 16.8 Å². The molecule has 0 bridgehead atoms. The molecular formula is C32H50N4O7. The second-order valence-corrected chi connectivity index (χ2v) is 13.6. The number of amides is 3. The number of carbonyl (C=O) groups excluding carboxylic acids is 4. The van der Waals surface area contributed by atoms with Gasteiger partial charge < -0.3 is 29.7 Å². The molecule has 1 aliphatic rings. The van der Waals surface area contributed by atoms with E-state index in [2.05, 4.69) is 15.6 Å². The average Bonchev–Trinajstić information content (AvgIpc) is 2.87.